The molecule has 0 heterocycles. The van der Waals surface area contributed by atoms with Crippen LogP contribution in [0.1, 0.15) is 19.8 Å². The molecule has 0 aromatic rings. The zero-order valence-electron chi connectivity index (χ0n) is 5.41. The third kappa shape index (κ3) is 4.62. The number of rotatable bonds is 4. The normalized spacial score (nSPS) is 10.5. The fourth-order valence-corrected chi connectivity index (χ4v) is 1.65. The van der Waals surface area contributed by atoms with E-state index in [-0.39, 0.29) is 0 Å². The molecule has 0 aromatic carbocycles. The monoisotopic (exact) mass is 151 g/mol. The number of unbranched alkanes of at least 4 members (excludes halogenated alkanes) is 1. The molecule has 0 saturated heterocycles. The second-order valence-electron chi connectivity index (χ2n) is 1.66. The van der Waals surface area contributed by atoms with Gasteiger partial charge >= 0.3 is 8.35 Å². The Morgan fingerprint density at radius 3 is 2.62 bits per heavy atom. The van der Waals surface area contributed by atoms with Crippen LogP contribution >= 0.6 is 11.1 Å². The van der Waals surface area contributed by atoms with Gasteiger partial charge in [-0.05, 0) is 6.04 Å². The summed E-state index contributed by atoms with van der Waals surface area (Å²) in [6.07, 6.45) is 2.41. The molecule has 0 unspecified atom stereocenters. The van der Waals surface area contributed by atoms with Gasteiger partial charge in [0.25, 0.3) is 0 Å². The molecule has 0 atom stereocenters. The van der Waals surface area contributed by atoms with Gasteiger partial charge in [-0.1, -0.05) is 19.8 Å². The second-order valence-corrected chi connectivity index (χ2v) is 4.55. The first-order chi connectivity index (χ1) is 3.81. The van der Waals surface area contributed by atoms with Gasteiger partial charge in [0.1, 0.15) is 0 Å². The molecule has 0 aliphatic heterocycles. The van der Waals surface area contributed by atoms with Crippen molar-refractivity contribution in [1.29, 1.82) is 0 Å². The summed E-state index contributed by atoms with van der Waals surface area (Å²) in [6, 6.07) is 1.07. The van der Waals surface area contributed by atoms with E-state index >= 15 is 0 Å². The zero-order valence-corrected chi connectivity index (χ0v) is 7.16. The van der Waals surface area contributed by atoms with Gasteiger partial charge in [0.2, 0.25) is 0 Å². The van der Waals surface area contributed by atoms with Gasteiger partial charge in [0.15, 0.2) is 0 Å². The Morgan fingerprint density at radius 2 is 2.25 bits per heavy atom. The molecule has 1 radical (unpaired) electrons. The Bertz CT molecular complexity index is 51.7. The summed E-state index contributed by atoms with van der Waals surface area (Å²) < 4.78 is 4.92. The van der Waals surface area contributed by atoms with E-state index in [0.29, 0.717) is 0 Å². The van der Waals surface area contributed by atoms with E-state index in [4.69, 9.17) is 15.5 Å². The maximum atomic E-state index is 5.72. The minimum absolute atomic E-state index is 0.919. The van der Waals surface area contributed by atoms with E-state index in [2.05, 4.69) is 6.92 Å². The van der Waals surface area contributed by atoms with Gasteiger partial charge in [-0.2, -0.15) is 0 Å². The molecule has 0 spiro atoms. The van der Waals surface area contributed by atoms with E-state index in [1.165, 1.54) is 12.8 Å². The van der Waals surface area contributed by atoms with Crippen LogP contribution in [0.2, 0.25) is 6.04 Å². The van der Waals surface area contributed by atoms with Crippen molar-refractivity contribution in [1.82, 2.24) is 0 Å². The molecule has 0 aliphatic rings. The Hall–Kier alpha value is 0.467. The van der Waals surface area contributed by atoms with E-state index in [0.717, 1.165) is 6.04 Å². The van der Waals surface area contributed by atoms with Crippen molar-refractivity contribution in [2.45, 2.75) is 25.8 Å². The van der Waals surface area contributed by atoms with Gasteiger partial charge < -0.3 is 4.43 Å². The van der Waals surface area contributed by atoms with Crippen LogP contribution in [0.4, 0.5) is 0 Å². The first kappa shape index (κ1) is 8.47. The Kier molecular flexibility index (Phi) is 5.93. The average Bonchev–Trinajstić information content (AvgIpc) is 1.83. The molecule has 1 nitrogen and oxygen atoms in total. The molecular formula is C5H12ClOSi. The molecule has 0 amide bonds. The predicted octanol–water partition coefficient (Wildman–Crippen LogP) is 2.16. The molecule has 8 heavy (non-hydrogen) atoms. The Morgan fingerprint density at radius 1 is 1.62 bits per heavy atom. The van der Waals surface area contributed by atoms with Crippen molar-refractivity contribution in [2.75, 3.05) is 7.11 Å². The molecule has 3 heteroatoms. The van der Waals surface area contributed by atoms with Crippen LogP contribution in [0.5, 0.6) is 0 Å². The van der Waals surface area contributed by atoms with Crippen LogP contribution in [-0.2, 0) is 4.43 Å². The lowest BCUT2D eigenvalue weighted by Crippen LogP contribution is -2.05. The summed E-state index contributed by atoms with van der Waals surface area (Å²) in [6.45, 7) is 2.15. The summed E-state index contributed by atoms with van der Waals surface area (Å²) in [5, 5.41) is 0. The van der Waals surface area contributed by atoms with Crippen LogP contribution in [0.15, 0.2) is 0 Å². The molecular weight excluding hydrogens is 140 g/mol. The van der Waals surface area contributed by atoms with Gasteiger partial charge in [-0.15, -0.1) is 11.1 Å². The van der Waals surface area contributed by atoms with Crippen molar-refractivity contribution in [3.05, 3.63) is 0 Å². The second kappa shape index (κ2) is 5.60. The van der Waals surface area contributed by atoms with Crippen LogP contribution in [-0.4, -0.2) is 15.5 Å². The number of halogens is 1. The highest BCUT2D eigenvalue weighted by molar-refractivity contribution is 7.03. The average molecular weight is 152 g/mol. The van der Waals surface area contributed by atoms with Crippen LogP contribution in [0, 0.1) is 0 Å². The lowest BCUT2D eigenvalue weighted by Gasteiger charge is -1.99. The molecule has 0 bridgehead atoms. The predicted molar refractivity (Wildman–Crippen MR) is 38.3 cm³/mol. The van der Waals surface area contributed by atoms with Gasteiger partial charge in [-0.3, -0.25) is 0 Å². The van der Waals surface area contributed by atoms with Crippen LogP contribution in [0.3, 0.4) is 0 Å². The third-order valence-electron chi connectivity index (χ3n) is 0.948. The summed E-state index contributed by atoms with van der Waals surface area (Å²) in [7, 11) is 0.758. The fraction of sp³-hybridized carbons (Fsp3) is 1.00. The fourth-order valence-electron chi connectivity index (χ4n) is 0.418. The first-order valence-electron chi connectivity index (χ1n) is 2.86. The van der Waals surface area contributed by atoms with Crippen molar-refractivity contribution in [3.63, 3.8) is 0 Å². The van der Waals surface area contributed by atoms with E-state index in [1.54, 1.807) is 7.11 Å². The van der Waals surface area contributed by atoms with E-state index < -0.39 is 8.35 Å². The van der Waals surface area contributed by atoms with Gasteiger partial charge in [-0.25, -0.2) is 0 Å². The Balaban J connectivity index is 2.86. The summed E-state index contributed by atoms with van der Waals surface area (Å²) in [4.78, 5) is 0. The maximum Gasteiger partial charge on any atom is 0.322 e. The molecule has 0 aliphatic carbocycles. The molecule has 49 valence electrons. The topological polar surface area (TPSA) is 9.23 Å². The van der Waals surface area contributed by atoms with Gasteiger partial charge in [0.05, 0.1) is 0 Å². The summed E-state index contributed by atoms with van der Waals surface area (Å²) >= 11 is 5.72. The lowest BCUT2D eigenvalue weighted by atomic mass is 10.4. The standard InChI is InChI=1S/C5H12ClOSi/c1-3-4-5-8(6)7-2/h3-5H2,1-2H3. The first-order valence-corrected chi connectivity index (χ1v) is 5.49. The minimum Gasteiger partial charge on any atom is -0.406 e. The quantitative estimate of drug-likeness (QED) is 0.442. The maximum absolute atomic E-state index is 5.72. The molecule has 0 fully saturated rings. The highest BCUT2D eigenvalue weighted by Crippen LogP contribution is 2.03. The summed E-state index contributed by atoms with van der Waals surface area (Å²) in [5.74, 6) is 0. The molecule has 0 N–H and O–H groups in total. The number of hydrogen-bond donors (Lipinski definition) is 0. The highest BCUT2D eigenvalue weighted by atomic mass is 35.6. The van der Waals surface area contributed by atoms with E-state index in [1.807, 2.05) is 0 Å². The van der Waals surface area contributed by atoms with Crippen LogP contribution in [0.25, 0.3) is 0 Å². The van der Waals surface area contributed by atoms with Crippen molar-refractivity contribution in [2.24, 2.45) is 0 Å². The van der Waals surface area contributed by atoms with E-state index in [9.17, 15) is 0 Å². The largest absolute Gasteiger partial charge is 0.406 e. The zero-order chi connectivity index (χ0) is 6.41. The SMILES string of the molecule is CCCC[Si](Cl)OC. The molecule has 0 aromatic heterocycles. The summed E-state index contributed by atoms with van der Waals surface area (Å²) in [5.41, 5.74) is 0. The van der Waals surface area contributed by atoms with Crippen molar-refractivity contribution >= 4 is 19.4 Å². The molecule has 0 rings (SSSR count). The number of hydrogen-bond acceptors (Lipinski definition) is 1. The highest BCUT2D eigenvalue weighted by Gasteiger charge is 2.03. The smallest absolute Gasteiger partial charge is 0.322 e. The van der Waals surface area contributed by atoms with Gasteiger partial charge in [0, 0.05) is 7.11 Å². The molecule has 0 saturated carbocycles. The Labute approximate surface area is 57.4 Å². The lowest BCUT2D eigenvalue weighted by molar-refractivity contribution is 0.432. The third-order valence-corrected chi connectivity index (χ3v) is 3.17. The van der Waals surface area contributed by atoms with Crippen molar-refractivity contribution < 1.29 is 4.43 Å². The van der Waals surface area contributed by atoms with Crippen LogP contribution < -0.4 is 0 Å². The van der Waals surface area contributed by atoms with Crippen molar-refractivity contribution in [3.8, 4) is 0 Å². The minimum atomic E-state index is -0.919.